The molecule has 0 saturated carbocycles. The number of methoxy groups -OCH3 is 1. The highest BCUT2D eigenvalue weighted by molar-refractivity contribution is 6.05. The Morgan fingerprint density at radius 2 is 1.80 bits per heavy atom. The molecule has 156 valence electrons. The minimum Gasteiger partial charge on any atom is -0.457 e. The zero-order valence-corrected chi connectivity index (χ0v) is 17.9. The number of hydrogen-bond donors (Lipinski definition) is 1. The molecule has 3 rings (SSSR count). The molecular formula is C25H28N2O3. The van der Waals surface area contributed by atoms with Crippen LogP contribution in [0, 0.1) is 6.92 Å². The van der Waals surface area contributed by atoms with Crippen molar-refractivity contribution in [2.75, 3.05) is 12.4 Å². The first-order valence-electron chi connectivity index (χ1n) is 10.2. The first-order valence-corrected chi connectivity index (χ1v) is 10.2. The largest absolute Gasteiger partial charge is 0.457 e. The van der Waals surface area contributed by atoms with Crippen molar-refractivity contribution in [1.29, 1.82) is 0 Å². The third kappa shape index (κ3) is 5.24. The second-order valence-corrected chi connectivity index (χ2v) is 7.19. The van der Waals surface area contributed by atoms with Gasteiger partial charge in [0.25, 0.3) is 5.91 Å². The summed E-state index contributed by atoms with van der Waals surface area (Å²) >= 11 is 0. The van der Waals surface area contributed by atoms with Gasteiger partial charge >= 0.3 is 0 Å². The Morgan fingerprint density at radius 3 is 2.47 bits per heavy atom. The van der Waals surface area contributed by atoms with Crippen LogP contribution < -0.4 is 10.1 Å². The molecular weight excluding hydrogens is 376 g/mol. The molecule has 0 aliphatic carbocycles. The van der Waals surface area contributed by atoms with Gasteiger partial charge in [0.2, 0.25) is 0 Å². The molecule has 0 radical (unpaired) electrons. The summed E-state index contributed by atoms with van der Waals surface area (Å²) in [6.45, 7) is 5.90. The number of anilines is 1. The molecule has 2 aromatic carbocycles. The molecule has 1 N–H and O–H groups in total. The lowest BCUT2D eigenvalue weighted by Gasteiger charge is -2.13. The topological polar surface area (TPSA) is 60.5 Å². The fraction of sp³-hybridized carbons (Fsp3) is 0.280. The summed E-state index contributed by atoms with van der Waals surface area (Å²) in [5.41, 5.74) is 3.89. The van der Waals surface area contributed by atoms with Gasteiger partial charge in [-0.2, -0.15) is 0 Å². The molecule has 0 fully saturated rings. The van der Waals surface area contributed by atoms with Crippen LogP contribution in [0.4, 0.5) is 5.69 Å². The number of benzene rings is 2. The number of pyridine rings is 1. The van der Waals surface area contributed by atoms with E-state index in [-0.39, 0.29) is 12.0 Å². The summed E-state index contributed by atoms with van der Waals surface area (Å²) in [7, 11) is 1.64. The van der Waals surface area contributed by atoms with Crippen molar-refractivity contribution in [1.82, 2.24) is 4.98 Å². The number of amides is 1. The Kier molecular flexibility index (Phi) is 7.20. The number of nitrogens with one attached hydrogen (secondary N) is 1. The van der Waals surface area contributed by atoms with Crippen LogP contribution >= 0.6 is 0 Å². The Morgan fingerprint density at radius 1 is 1.07 bits per heavy atom. The lowest BCUT2D eigenvalue weighted by molar-refractivity contribution is 0.102. The Bertz CT molecular complexity index is 1000. The molecule has 0 bridgehead atoms. The molecule has 0 aliphatic heterocycles. The van der Waals surface area contributed by atoms with E-state index < -0.39 is 0 Å². The summed E-state index contributed by atoms with van der Waals surface area (Å²) in [6, 6.07) is 19.0. The highest BCUT2D eigenvalue weighted by atomic mass is 16.5. The van der Waals surface area contributed by atoms with E-state index in [9.17, 15) is 4.79 Å². The molecule has 5 nitrogen and oxygen atoms in total. The number of carbonyl (C=O) groups excluding carboxylic acids is 1. The first kappa shape index (κ1) is 21.5. The van der Waals surface area contributed by atoms with Gasteiger partial charge in [0, 0.05) is 12.8 Å². The predicted molar refractivity (Wildman–Crippen MR) is 119 cm³/mol. The van der Waals surface area contributed by atoms with E-state index in [1.165, 1.54) is 5.56 Å². The number of rotatable bonds is 8. The third-order valence-corrected chi connectivity index (χ3v) is 4.95. The van der Waals surface area contributed by atoms with Crippen LogP contribution in [0.3, 0.4) is 0 Å². The third-order valence-electron chi connectivity index (χ3n) is 4.95. The molecule has 0 spiro atoms. The smallest absolute Gasteiger partial charge is 0.257 e. The number of aryl methyl sites for hydroxylation is 2. The van der Waals surface area contributed by atoms with E-state index in [1.54, 1.807) is 13.2 Å². The fourth-order valence-corrected chi connectivity index (χ4v) is 3.18. The minimum absolute atomic E-state index is 0.115. The average molecular weight is 405 g/mol. The van der Waals surface area contributed by atoms with Crippen molar-refractivity contribution in [2.24, 2.45) is 0 Å². The van der Waals surface area contributed by atoms with Gasteiger partial charge in [-0.05, 0) is 68.3 Å². The van der Waals surface area contributed by atoms with Gasteiger partial charge in [-0.25, -0.2) is 0 Å². The second-order valence-electron chi connectivity index (χ2n) is 7.19. The Balaban J connectivity index is 1.68. The number of aromatic nitrogens is 1. The Hall–Kier alpha value is -3.18. The predicted octanol–water partition coefficient (Wildman–Crippen LogP) is 6.09. The maximum atomic E-state index is 12.7. The number of nitrogens with zero attached hydrogens (tertiary/aromatic N) is 1. The molecule has 30 heavy (non-hydrogen) atoms. The molecule has 5 heteroatoms. The molecule has 1 unspecified atom stereocenters. The maximum Gasteiger partial charge on any atom is 0.257 e. The second kappa shape index (κ2) is 10.0. The first-order chi connectivity index (χ1) is 14.5. The standard InChI is InChI=1S/C25H28N2O3/c1-5-8-19-9-6-7-10-24(19)30-21-13-11-20(12-14-21)27-25(28)22-15-16-23(18(3)29-4)26-17(22)2/h6-7,9-16,18H,5,8H2,1-4H3,(H,27,28). The van der Waals surface area contributed by atoms with E-state index in [4.69, 9.17) is 9.47 Å². The average Bonchev–Trinajstić information content (AvgIpc) is 2.76. The van der Waals surface area contributed by atoms with Gasteiger partial charge in [-0.15, -0.1) is 0 Å². The van der Waals surface area contributed by atoms with Crippen molar-refractivity contribution in [3.63, 3.8) is 0 Å². The normalized spacial score (nSPS) is 11.7. The van der Waals surface area contributed by atoms with Crippen molar-refractivity contribution >= 4 is 11.6 Å². The number of para-hydroxylation sites is 1. The van der Waals surface area contributed by atoms with Crippen LogP contribution in [-0.4, -0.2) is 18.0 Å². The van der Waals surface area contributed by atoms with Crippen LogP contribution in [0.5, 0.6) is 11.5 Å². The Labute approximate surface area is 178 Å². The highest BCUT2D eigenvalue weighted by Crippen LogP contribution is 2.27. The quantitative estimate of drug-likeness (QED) is 0.493. The summed E-state index contributed by atoms with van der Waals surface area (Å²) < 4.78 is 11.3. The van der Waals surface area contributed by atoms with Crippen LogP contribution in [0.25, 0.3) is 0 Å². The van der Waals surface area contributed by atoms with E-state index in [0.29, 0.717) is 16.9 Å². The molecule has 0 saturated heterocycles. The molecule has 3 aromatic rings. The summed E-state index contributed by atoms with van der Waals surface area (Å²) in [5, 5.41) is 2.92. The molecule has 0 aliphatic rings. The van der Waals surface area contributed by atoms with Gasteiger partial charge in [-0.1, -0.05) is 31.5 Å². The fourth-order valence-electron chi connectivity index (χ4n) is 3.18. The monoisotopic (exact) mass is 404 g/mol. The van der Waals surface area contributed by atoms with E-state index in [1.807, 2.05) is 62.4 Å². The summed E-state index contributed by atoms with van der Waals surface area (Å²) in [6.07, 6.45) is 1.92. The minimum atomic E-state index is -0.196. The number of hydrogen-bond acceptors (Lipinski definition) is 4. The van der Waals surface area contributed by atoms with Crippen LogP contribution in [-0.2, 0) is 11.2 Å². The van der Waals surface area contributed by atoms with E-state index in [0.717, 1.165) is 30.0 Å². The van der Waals surface area contributed by atoms with E-state index >= 15 is 0 Å². The number of ether oxygens (including phenoxy) is 2. The highest BCUT2D eigenvalue weighted by Gasteiger charge is 2.14. The van der Waals surface area contributed by atoms with E-state index in [2.05, 4.69) is 23.3 Å². The van der Waals surface area contributed by atoms with Gasteiger partial charge < -0.3 is 14.8 Å². The summed E-state index contributed by atoms with van der Waals surface area (Å²) in [4.78, 5) is 17.1. The van der Waals surface area contributed by atoms with Crippen molar-refractivity contribution in [3.8, 4) is 11.5 Å². The van der Waals surface area contributed by atoms with Crippen molar-refractivity contribution < 1.29 is 14.3 Å². The molecule has 1 atom stereocenters. The number of carbonyl (C=O) groups is 1. The molecule has 1 amide bonds. The van der Waals surface area contributed by atoms with Gasteiger partial charge in [-0.3, -0.25) is 9.78 Å². The van der Waals surface area contributed by atoms with Gasteiger partial charge in [0.1, 0.15) is 11.5 Å². The van der Waals surface area contributed by atoms with Crippen LogP contribution in [0.15, 0.2) is 60.7 Å². The molecule has 1 aromatic heterocycles. The lowest BCUT2D eigenvalue weighted by atomic mass is 10.1. The lowest BCUT2D eigenvalue weighted by Crippen LogP contribution is -2.15. The summed E-state index contributed by atoms with van der Waals surface area (Å²) in [5.74, 6) is 1.40. The van der Waals surface area contributed by atoms with Crippen molar-refractivity contribution in [2.45, 2.75) is 39.7 Å². The maximum absolute atomic E-state index is 12.7. The van der Waals surface area contributed by atoms with Crippen LogP contribution in [0.1, 0.15) is 53.7 Å². The van der Waals surface area contributed by atoms with Gasteiger partial charge in [0.05, 0.1) is 23.1 Å². The van der Waals surface area contributed by atoms with Crippen LogP contribution in [0.2, 0.25) is 0 Å². The zero-order valence-electron chi connectivity index (χ0n) is 17.9. The SMILES string of the molecule is CCCc1ccccc1Oc1ccc(NC(=O)c2ccc(C(C)OC)nc2C)cc1. The van der Waals surface area contributed by atoms with Crippen molar-refractivity contribution in [3.05, 3.63) is 83.2 Å². The molecule has 1 heterocycles. The van der Waals surface area contributed by atoms with Gasteiger partial charge in [0.15, 0.2) is 0 Å². The zero-order chi connectivity index (χ0) is 21.5.